The number of amides is 1. The van der Waals surface area contributed by atoms with E-state index in [1.54, 1.807) is 11.9 Å². The van der Waals surface area contributed by atoms with Crippen molar-refractivity contribution in [2.45, 2.75) is 6.42 Å². The molecule has 0 aliphatic rings. The Bertz CT molecular complexity index is 587. The quantitative estimate of drug-likeness (QED) is 0.828. The molecule has 1 aromatic carbocycles. The number of aromatic hydroxyl groups is 1. The molecule has 0 unspecified atom stereocenters. The van der Waals surface area contributed by atoms with Gasteiger partial charge in [-0.3, -0.25) is 9.78 Å². The molecule has 0 atom stereocenters. The lowest BCUT2D eigenvalue weighted by Crippen LogP contribution is -2.28. The molecule has 21 heavy (non-hydrogen) atoms. The van der Waals surface area contributed by atoms with Crippen molar-refractivity contribution in [1.82, 2.24) is 9.88 Å². The number of pyridine rings is 1. The zero-order valence-corrected chi connectivity index (χ0v) is 11.9. The molecule has 2 rings (SSSR count). The number of carbonyl (C=O) groups is 1. The first kappa shape index (κ1) is 14.8. The SMILES string of the molecule is CN(CCCOc1ccccc1)C(=O)c1cncc(O)c1. The van der Waals surface area contributed by atoms with E-state index >= 15 is 0 Å². The molecule has 0 saturated heterocycles. The standard InChI is InChI=1S/C16H18N2O3/c1-18(16(20)13-10-14(19)12-17-11-13)8-5-9-21-15-6-3-2-4-7-15/h2-4,6-7,10-12,19H,5,8-9H2,1H3. The largest absolute Gasteiger partial charge is 0.506 e. The van der Waals surface area contributed by atoms with Crippen LogP contribution in [-0.4, -0.2) is 41.1 Å². The van der Waals surface area contributed by atoms with Crippen LogP contribution < -0.4 is 4.74 Å². The molecule has 1 aromatic heterocycles. The highest BCUT2D eigenvalue weighted by Crippen LogP contribution is 2.11. The number of aromatic nitrogens is 1. The van der Waals surface area contributed by atoms with E-state index in [0.717, 1.165) is 12.2 Å². The van der Waals surface area contributed by atoms with Gasteiger partial charge in [-0.25, -0.2) is 0 Å². The molecule has 0 saturated carbocycles. The molecule has 0 radical (unpaired) electrons. The number of para-hydroxylation sites is 1. The topological polar surface area (TPSA) is 62.7 Å². The Morgan fingerprint density at radius 2 is 2.05 bits per heavy atom. The summed E-state index contributed by atoms with van der Waals surface area (Å²) in [6, 6.07) is 11.0. The molecule has 110 valence electrons. The van der Waals surface area contributed by atoms with E-state index in [-0.39, 0.29) is 11.7 Å². The van der Waals surface area contributed by atoms with Crippen LogP contribution in [0.25, 0.3) is 0 Å². The number of rotatable bonds is 6. The van der Waals surface area contributed by atoms with Crippen LogP contribution >= 0.6 is 0 Å². The van der Waals surface area contributed by atoms with Crippen LogP contribution in [0.2, 0.25) is 0 Å². The Labute approximate surface area is 123 Å². The lowest BCUT2D eigenvalue weighted by molar-refractivity contribution is 0.0787. The fraction of sp³-hybridized carbons (Fsp3) is 0.250. The molecule has 0 aliphatic carbocycles. The monoisotopic (exact) mass is 286 g/mol. The molecule has 1 heterocycles. The summed E-state index contributed by atoms with van der Waals surface area (Å²) >= 11 is 0. The molecular weight excluding hydrogens is 268 g/mol. The van der Waals surface area contributed by atoms with E-state index in [9.17, 15) is 9.90 Å². The predicted molar refractivity (Wildman–Crippen MR) is 79.4 cm³/mol. The molecule has 0 fully saturated rings. The van der Waals surface area contributed by atoms with Gasteiger partial charge in [-0.05, 0) is 24.6 Å². The Morgan fingerprint density at radius 3 is 2.76 bits per heavy atom. The van der Waals surface area contributed by atoms with Crippen LogP contribution in [0, 0.1) is 0 Å². The first-order valence-electron chi connectivity index (χ1n) is 6.74. The summed E-state index contributed by atoms with van der Waals surface area (Å²) in [5.74, 6) is 0.642. The Hall–Kier alpha value is -2.56. The number of nitrogens with zero attached hydrogens (tertiary/aromatic N) is 2. The van der Waals surface area contributed by atoms with Crippen LogP contribution in [0.5, 0.6) is 11.5 Å². The Morgan fingerprint density at radius 1 is 1.29 bits per heavy atom. The summed E-state index contributed by atoms with van der Waals surface area (Å²) in [6.45, 7) is 1.11. The van der Waals surface area contributed by atoms with E-state index in [4.69, 9.17) is 4.74 Å². The van der Waals surface area contributed by atoms with E-state index in [1.807, 2.05) is 30.3 Å². The summed E-state index contributed by atoms with van der Waals surface area (Å²) in [6.07, 6.45) is 3.47. The molecule has 1 N–H and O–H groups in total. The average Bonchev–Trinajstić information content (AvgIpc) is 2.51. The molecular formula is C16H18N2O3. The fourth-order valence-electron chi connectivity index (χ4n) is 1.88. The second kappa shape index (κ2) is 7.28. The van der Waals surface area contributed by atoms with Gasteiger partial charge in [0, 0.05) is 19.8 Å². The normalized spacial score (nSPS) is 10.1. The maximum atomic E-state index is 12.1. The van der Waals surface area contributed by atoms with E-state index in [0.29, 0.717) is 18.7 Å². The van der Waals surface area contributed by atoms with Gasteiger partial charge in [-0.1, -0.05) is 18.2 Å². The first-order valence-corrected chi connectivity index (χ1v) is 6.74. The highest BCUT2D eigenvalue weighted by atomic mass is 16.5. The molecule has 1 amide bonds. The highest BCUT2D eigenvalue weighted by Gasteiger charge is 2.12. The van der Waals surface area contributed by atoms with Crippen LogP contribution in [0.4, 0.5) is 0 Å². The molecule has 2 aromatic rings. The van der Waals surface area contributed by atoms with Gasteiger partial charge in [0.2, 0.25) is 0 Å². The van der Waals surface area contributed by atoms with Crippen molar-refractivity contribution >= 4 is 5.91 Å². The van der Waals surface area contributed by atoms with Crippen LogP contribution in [-0.2, 0) is 0 Å². The third-order valence-corrected chi connectivity index (χ3v) is 2.97. The number of carbonyl (C=O) groups excluding carboxylic acids is 1. The lowest BCUT2D eigenvalue weighted by Gasteiger charge is -2.17. The summed E-state index contributed by atoms with van der Waals surface area (Å²) in [4.78, 5) is 17.5. The van der Waals surface area contributed by atoms with Gasteiger partial charge in [-0.2, -0.15) is 0 Å². The zero-order valence-electron chi connectivity index (χ0n) is 11.9. The van der Waals surface area contributed by atoms with Crippen molar-refractivity contribution in [1.29, 1.82) is 0 Å². The van der Waals surface area contributed by atoms with Crippen LogP contribution in [0.3, 0.4) is 0 Å². The molecule has 0 spiro atoms. The van der Waals surface area contributed by atoms with Crippen molar-refractivity contribution in [3.63, 3.8) is 0 Å². The number of hydrogen-bond acceptors (Lipinski definition) is 4. The summed E-state index contributed by atoms with van der Waals surface area (Å²) < 4.78 is 5.57. The van der Waals surface area contributed by atoms with Crippen molar-refractivity contribution < 1.29 is 14.6 Å². The number of benzene rings is 1. The summed E-state index contributed by atoms with van der Waals surface area (Å²) in [7, 11) is 1.72. The van der Waals surface area contributed by atoms with Gasteiger partial charge in [0.05, 0.1) is 18.4 Å². The minimum absolute atomic E-state index is 0.0124. The maximum absolute atomic E-state index is 12.1. The Balaban J connectivity index is 1.76. The van der Waals surface area contributed by atoms with Crippen molar-refractivity contribution in [2.24, 2.45) is 0 Å². The number of ether oxygens (including phenoxy) is 1. The molecule has 5 heteroatoms. The maximum Gasteiger partial charge on any atom is 0.255 e. The van der Waals surface area contributed by atoms with Gasteiger partial charge in [0.25, 0.3) is 5.91 Å². The minimum atomic E-state index is -0.168. The van der Waals surface area contributed by atoms with Gasteiger partial charge < -0.3 is 14.7 Å². The second-order valence-corrected chi connectivity index (χ2v) is 4.67. The van der Waals surface area contributed by atoms with E-state index < -0.39 is 0 Å². The molecule has 0 bridgehead atoms. The van der Waals surface area contributed by atoms with Crippen molar-refractivity contribution in [3.8, 4) is 11.5 Å². The summed E-state index contributed by atoms with van der Waals surface area (Å²) in [5, 5.41) is 9.33. The van der Waals surface area contributed by atoms with E-state index in [2.05, 4.69) is 4.98 Å². The summed E-state index contributed by atoms with van der Waals surface area (Å²) in [5.41, 5.74) is 0.376. The fourth-order valence-corrected chi connectivity index (χ4v) is 1.88. The molecule has 0 aliphatic heterocycles. The van der Waals surface area contributed by atoms with Crippen molar-refractivity contribution in [2.75, 3.05) is 20.2 Å². The van der Waals surface area contributed by atoms with Crippen LogP contribution in [0.15, 0.2) is 48.8 Å². The van der Waals surface area contributed by atoms with Gasteiger partial charge in [0.15, 0.2) is 0 Å². The average molecular weight is 286 g/mol. The molecule has 5 nitrogen and oxygen atoms in total. The van der Waals surface area contributed by atoms with Gasteiger partial charge in [-0.15, -0.1) is 0 Å². The third kappa shape index (κ3) is 4.49. The van der Waals surface area contributed by atoms with Gasteiger partial charge >= 0.3 is 0 Å². The zero-order chi connectivity index (χ0) is 15.1. The van der Waals surface area contributed by atoms with Gasteiger partial charge in [0.1, 0.15) is 11.5 Å². The van der Waals surface area contributed by atoms with E-state index in [1.165, 1.54) is 18.5 Å². The first-order chi connectivity index (χ1) is 10.2. The van der Waals surface area contributed by atoms with Crippen molar-refractivity contribution in [3.05, 3.63) is 54.4 Å². The third-order valence-electron chi connectivity index (χ3n) is 2.97. The minimum Gasteiger partial charge on any atom is -0.506 e. The lowest BCUT2D eigenvalue weighted by atomic mass is 10.2. The smallest absolute Gasteiger partial charge is 0.255 e. The Kier molecular flexibility index (Phi) is 5.15. The predicted octanol–water partition coefficient (Wildman–Crippen LogP) is 2.33. The second-order valence-electron chi connectivity index (χ2n) is 4.67. The number of hydrogen-bond donors (Lipinski definition) is 1. The van der Waals surface area contributed by atoms with Crippen LogP contribution in [0.1, 0.15) is 16.8 Å². The highest BCUT2D eigenvalue weighted by molar-refractivity contribution is 5.94.